The maximum Gasteiger partial charge on any atom is 0.185 e. The van der Waals surface area contributed by atoms with Crippen molar-refractivity contribution in [2.24, 2.45) is 0 Å². The maximum atomic E-state index is 9.79. The van der Waals surface area contributed by atoms with E-state index in [1.165, 1.54) is 0 Å². The van der Waals surface area contributed by atoms with Crippen molar-refractivity contribution in [2.75, 3.05) is 40.6 Å². The standard InChI is InChI=1S/C18H20N2O4/c1-21-7-9-23-17-14(12-19)11-18(13-20,24-10-8-22-2)16-6-4-3-5-15(16)17/h3-6H,7-11H2,1-2H3. The van der Waals surface area contributed by atoms with Gasteiger partial charge in [-0.15, -0.1) is 0 Å². The molecule has 126 valence electrons. The highest BCUT2D eigenvalue weighted by Crippen LogP contribution is 2.43. The van der Waals surface area contributed by atoms with Crippen LogP contribution in [-0.4, -0.2) is 40.6 Å². The van der Waals surface area contributed by atoms with Gasteiger partial charge in [-0.3, -0.25) is 0 Å². The average Bonchev–Trinajstić information content (AvgIpc) is 2.63. The van der Waals surface area contributed by atoms with Crippen LogP contribution in [0.15, 0.2) is 29.8 Å². The van der Waals surface area contributed by atoms with Gasteiger partial charge in [0.2, 0.25) is 0 Å². The molecule has 0 radical (unpaired) electrons. The first kappa shape index (κ1) is 18.0. The van der Waals surface area contributed by atoms with Crippen LogP contribution in [0, 0.1) is 22.7 Å². The van der Waals surface area contributed by atoms with E-state index >= 15 is 0 Å². The van der Waals surface area contributed by atoms with E-state index in [9.17, 15) is 10.5 Å². The molecule has 0 N–H and O–H groups in total. The van der Waals surface area contributed by atoms with Crippen LogP contribution in [0.4, 0.5) is 0 Å². The average molecular weight is 328 g/mol. The van der Waals surface area contributed by atoms with E-state index in [1.807, 2.05) is 24.3 Å². The van der Waals surface area contributed by atoms with Crippen LogP contribution in [0.1, 0.15) is 17.5 Å². The molecule has 0 aliphatic heterocycles. The Labute approximate surface area is 141 Å². The van der Waals surface area contributed by atoms with Crippen molar-refractivity contribution in [3.8, 4) is 12.1 Å². The van der Waals surface area contributed by atoms with Crippen molar-refractivity contribution < 1.29 is 18.9 Å². The smallest absolute Gasteiger partial charge is 0.185 e. The molecule has 1 aliphatic carbocycles. The molecular formula is C18H20N2O4. The molecule has 6 heteroatoms. The minimum atomic E-state index is -1.21. The first-order chi connectivity index (χ1) is 11.7. The number of ether oxygens (including phenoxy) is 4. The Morgan fingerprint density at radius 3 is 2.42 bits per heavy atom. The van der Waals surface area contributed by atoms with Gasteiger partial charge in [-0.2, -0.15) is 10.5 Å². The first-order valence-corrected chi connectivity index (χ1v) is 7.61. The highest BCUT2D eigenvalue weighted by atomic mass is 16.5. The molecule has 0 saturated heterocycles. The van der Waals surface area contributed by atoms with Crippen molar-refractivity contribution in [1.82, 2.24) is 0 Å². The lowest BCUT2D eigenvalue weighted by Crippen LogP contribution is -2.34. The Morgan fingerprint density at radius 2 is 1.75 bits per heavy atom. The van der Waals surface area contributed by atoms with E-state index in [1.54, 1.807) is 14.2 Å². The molecule has 0 aromatic heterocycles. The summed E-state index contributed by atoms with van der Waals surface area (Å²) in [6.07, 6.45) is 0.142. The van der Waals surface area contributed by atoms with Crippen molar-refractivity contribution in [3.05, 3.63) is 41.0 Å². The molecule has 1 aromatic carbocycles. The molecule has 0 fully saturated rings. The predicted octanol–water partition coefficient (Wildman–Crippen LogP) is 2.37. The summed E-state index contributed by atoms with van der Waals surface area (Å²) in [7, 11) is 3.15. The normalized spacial score (nSPS) is 19.3. The summed E-state index contributed by atoms with van der Waals surface area (Å²) >= 11 is 0. The Hall–Kier alpha value is -2.38. The van der Waals surface area contributed by atoms with E-state index in [-0.39, 0.29) is 13.0 Å². The summed E-state index contributed by atoms with van der Waals surface area (Å²) in [5.74, 6) is 0.492. The maximum absolute atomic E-state index is 9.79. The van der Waals surface area contributed by atoms with E-state index in [0.717, 1.165) is 0 Å². The van der Waals surface area contributed by atoms with Gasteiger partial charge in [0, 0.05) is 31.8 Å². The number of hydrogen-bond acceptors (Lipinski definition) is 6. The monoisotopic (exact) mass is 328 g/mol. The molecule has 1 aliphatic rings. The van der Waals surface area contributed by atoms with Crippen molar-refractivity contribution in [2.45, 2.75) is 12.0 Å². The second-order valence-electron chi connectivity index (χ2n) is 5.26. The third kappa shape index (κ3) is 3.58. The number of nitriles is 2. The molecule has 0 heterocycles. The molecular weight excluding hydrogens is 308 g/mol. The fourth-order valence-corrected chi connectivity index (χ4v) is 2.66. The minimum Gasteiger partial charge on any atom is -0.490 e. The lowest BCUT2D eigenvalue weighted by atomic mass is 9.79. The SMILES string of the molecule is COCCOC1=C(C#N)CC(C#N)(OCCOC)c2ccccc21. The minimum absolute atomic E-state index is 0.142. The van der Waals surface area contributed by atoms with Gasteiger partial charge < -0.3 is 18.9 Å². The van der Waals surface area contributed by atoms with Crippen LogP contribution in [0.5, 0.6) is 0 Å². The van der Waals surface area contributed by atoms with Gasteiger partial charge in [-0.05, 0) is 0 Å². The fourth-order valence-electron chi connectivity index (χ4n) is 2.66. The molecule has 0 spiro atoms. The number of methoxy groups -OCH3 is 2. The van der Waals surface area contributed by atoms with E-state index in [0.29, 0.717) is 42.3 Å². The summed E-state index contributed by atoms with van der Waals surface area (Å²) in [6, 6.07) is 11.7. The second kappa shape index (κ2) is 8.47. The number of benzene rings is 1. The Morgan fingerprint density at radius 1 is 1.04 bits per heavy atom. The molecule has 1 aromatic rings. The van der Waals surface area contributed by atoms with Gasteiger partial charge >= 0.3 is 0 Å². The van der Waals surface area contributed by atoms with Gasteiger partial charge in [0.05, 0.1) is 31.5 Å². The molecule has 1 atom stereocenters. The molecule has 24 heavy (non-hydrogen) atoms. The highest BCUT2D eigenvalue weighted by Gasteiger charge is 2.42. The van der Waals surface area contributed by atoms with Crippen LogP contribution in [-0.2, 0) is 24.5 Å². The topological polar surface area (TPSA) is 84.5 Å². The summed E-state index contributed by atoms with van der Waals surface area (Å²) in [6.45, 7) is 1.37. The lowest BCUT2D eigenvalue weighted by molar-refractivity contribution is -0.0312. The summed E-state index contributed by atoms with van der Waals surface area (Å²) in [4.78, 5) is 0. The third-order valence-electron chi connectivity index (χ3n) is 3.79. The van der Waals surface area contributed by atoms with Crippen LogP contribution in [0.3, 0.4) is 0 Å². The zero-order valence-corrected chi connectivity index (χ0v) is 13.9. The number of hydrogen-bond donors (Lipinski definition) is 0. The van der Waals surface area contributed by atoms with Gasteiger partial charge in [-0.25, -0.2) is 0 Å². The van der Waals surface area contributed by atoms with Gasteiger partial charge in [-0.1, -0.05) is 24.3 Å². The van der Waals surface area contributed by atoms with Crippen LogP contribution in [0.2, 0.25) is 0 Å². The Kier molecular flexibility index (Phi) is 6.34. The third-order valence-corrected chi connectivity index (χ3v) is 3.79. The van der Waals surface area contributed by atoms with Gasteiger partial charge in [0.15, 0.2) is 5.60 Å². The van der Waals surface area contributed by atoms with Crippen LogP contribution >= 0.6 is 0 Å². The molecule has 1 unspecified atom stereocenters. The quantitative estimate of drug-likeness (QED) is 0.681. The van der Waals surface area contributed by atoms with Crippen molar-refractivity contribution in [3.63, 3.8) is 0 Å². The zero-order valence-electron chi connectivity index (χ0n) is 13.9. The van der Waals surface area contributed by atoms with Crippen molar-refractivity contribution >= 4 is 5.76 Å². The molecule has 0 bridgehead atoms. The largest absolute Gasteiger partial charge is 0.490 e. The summed E-state index contributed by atoms with van der Waals surface area (Å²) < 4.78 is 21.6. The van der Waals surface area contributed by atoms with Crippen LogP contribution in [0.25, 0.3) is 5.76 Å². The highest BCUT2D eigenvalue weighted by molar-refractivity contribution is 5.73. The summed E-state index contributed by atoms with van der Waals surface area (Å²) in [5, 5.41) is 19.3. The van der Waals surface area contributed by atoms with Gasteiger partial charge in [0.25, 0.3) is 0 Å². The second-order valence-corrected chi connectivity index (χ2v) is 5.26. The molecule has 0 saturated carbocycles. The molecule has 0 amide bonds. The fraction of sp³-hybridized carbons (Fsp3) is 0.444. The Bertz CT molecular complexity index is 687. The number of nitrogens with zero attached hydrogens (tertiary/aromatic N) is 2. The van der Waals surface area contributed by atoms with Crippen LogP contribution < -0.4 is 0 Å². The number of fused-ring (bicyclic) bond motifs is 1. The van der Waals surface area contributed by atoms with E-state index in [4.69, 9.17) is 18.9 Å². The van der Waals surface area contributed by atoms with E-state index in [2.05, 4.69) is 12.1 Å². The molecule has 2 rings (SSSR count). The molecule has 6 nitrogen and oxygen atoms in total. The van der Waals surface area contributed by atoms with E-state index < -0.39 is 5.60 Å². The zero-order chi connectivity index (χ0) is 17.4. The predicted molar refractivity (Wildman–Crippen MR) is 86.5 cm³/mol. The van der Waals surface area contributed by atoms with Crippen molar-refractivity contribution in [1.29, 1.82) is 10.5 Å². The first-order valence-electron chi connectivity index (χ1n) is 7.61. The number of rotatable bonds is 8. The lowest BCUT2D eigenvalue weighted by Gasteiger charge is -2.33. The Balaban J connectivity index is 2.44. The van der Waals surface area contributed by atoms with Gasteiger partial charge in [0.1, 0.15) is 18.4 Å². The summed E-state index contributed by atoms with van der Waals surface area (Å²) in [5.41, 5.74) is 0.586.